The predicted octanol–water partition coefficient (Wildman–Crippen LogP) is 2.68. The number of anilines is 1. The minimum absolute atomic E-state index is 0.154. The van der Waals surface area contributed by atoms with Gasteiger partial charge in [-0.2, -0.15) is 13.2 Å². The van der Waals surface area contributed by atoms with Crippen LogP contribution in [0.2, 0.25) is 0 Å². The number of halogens is 3. The quantitative estimate of drug-likeness (QED) is 0.886. The van der Waals surface area contributed by atoms with E-state index in [0.29, 0.717) is 19.6 Å². The van der Waals surface area contributed by atoms with Crippen molar-refractivity contribution in [3.8, 4) is 0 Å². The molecule has 1 unspecified atom stereocenters. The Balaban J connectivity index is 2.07. The van der Waals surface area contributed by atoms with E-state index in [1.165, 1.54) is 12.1 Å². The van der Waals surface area contributed by atoms with E-state index in [2.05, 4.69) is 5.32 Å². The summed E-state index contributed by atoms with van der Waals surface area (Å²) in [6.45, 7) is 0.839. The molecular formula is C12H12F3NO2. The SMILES string of the molecule is O=C(Nc1cccc(C(F)(F)F)c1)C1CCOC1. The van der Waals surface area contributed by atoms with Crippen LogP contribution in [0.1, 0.15) is 12.0 Å². The molecule has 0 radical (unpaired) electrons. The zero-order chi connectivity index (χ0) is 13.2. The van der Waals surface area contributed by atoms with Gasteiger partial charge in [0.05, 0.1) is 18.1 Å². The summed E-state index contributed by atoms with van der Waals surface area (Å²) in [7, 11) is 0. The molecule has 1 amide bonds. The van der Waals surface area contributed by atoms with Crippen LogP contribution >= 0.6 is 0 Å². The molecule has 0 spiro atoms. The van der Waals surface area contributed by atoms with Crippen molar-refractivity contribution in [2.45, 2.75) is 12.6 Å². The topological polar surface area (TPSA) is 38.3 Å². The van der Waals surface area contributed by atoms with E-state index in [9.17, 15) is 18.0 Å². The fourth-order valence-corrected chi connectivity index (χ4v) is 1.76. The third-order valence-corrected chi connectivity index (χ3v) is 2.76. The smallest absolute Gasteiger partial charge is 0.381 e. The van der Waals surface area contributed by atoms with Gasteiger partial charge in [0.15, 0.2) is 0 Å². The van der Waals surface area contributed by atoms with Gasteiger partial charge in [0, 0.05) is 12.3 Å². The lowest BCUT2D eigenvalue weighted by Gasteiger charge is -2.11. The molecule has 1 aliphatic heterocycles. The van der Waals surface area contributed by atoms with Crippen LogP contribution < -0.4 is 5.32 Å². The molecule has 2 rings (SSSR count). The zero-order valence-electron chi connectivity index (χ0n) is 9.46. The molecule has 0 aliphatic carbocycles. The van der Waals surface area contributed by atoms with Gasteiger partial charge in [-0.1, -0.05) is 6.07 Å². The Morgan fingerprint density at radius 1 is 1.39 bits per heavy atom. The molecule has 1 heterocycles. The molecule has 1 saturated heterocycles. The minimum Gasteiger partial charge on any atom is -0.381 e. The van der Waals surface area contributed by atoms with Gasteiger partial charge in [-0.25, -0.2) is 0 Å². The maximum Gasteiger partial charge on any atom is 0.416 e. The van der Waals surface area contributed by atoms with Gasteiger partial charge in [-0.05, 0) is 24.6 Å². The molecule has 1 N–H and O–H groups in total. The molecule has 1 fully saturated rings. The third kappa shape index (κ3) is 3.01. The number of alkyl halides is 3. The van der Waals surface area contributed by atoms with Crippen molar-refractivity contribution in [2.75, 3.05) is 18.5 Å². The monoisotopic (exact) mass is 259 g/mol. The fourth-order valence-electron chi connectivity index (χ4n) is 1.76. The summed E-state index contributed by atoms with van der Waals surface area (Å²) in [6, 6.07) is 4.59. The predicted molar refractivity (Wildman–Crippen MR) is 59.0 cm³/mol. The summed E-state index contributed by atoms with van der Waals surface area (Å²) >= 11 is 0. The highest BCUT2D eigenvalue weighted by atomic mass is 19.4. The lowest BCUT2D eigenvalue weighted by atomic mass is 10.1. The van der Waals surface area contributed by atoms with E-state index in [0.717, 1.165) is 12.1 Å². The maximum absolute atomic E-state index is 12.5. The first-order valence-electron chi connectivity index (χ1n) is 5.52. The van der Waals surface area contributed by atoms with E-state index < -0.39 is 11.7 Å². The second kappa shape index (κ2) is 4.97. The molecule has 0 bridgehead atoms. The first kappa shape index (κ1) is 12.9. The normalized spacial score (nSPS) is 19.8. The number of benzene rings is 1. The second-order valence-electron chi connectivity index (χ2n) is 4.13. The highest BCUT2D eigenvalue weighted by molar-refractivity contribution is 5.92. The van der Waals surface area contributed by atoms with Crippen LogP contribution in [0.15, 0.2) is 24.3 Å². The Morgan fingerprint density at radius 2 is 2.17 bits per heavy atom. The summed E-state index contributed by atoms with van der Waals surface area (Å²) in [4.78, 5) is 11.7. The average Bonchev–Trinajstić information content (AvgIpc) is 2.81. The lowest BCUT2D eigenvalue weighted by Crippen LogP contribution is -2.23. The van der Waals surface area contributed by atoms with E-state index >= 15 is 0 Å². The van der Waals surface area contributed by atoms with Crippen molar-refractivity contribution in [1.29, 1.82) is 0 Å². The van der Waals surface area contributed by atoms with E-state index in [1.807, 2.05) is 0 Å². The zero-order valence-corrected chi connectivity index (χ0v) is 9.46. The number of nitrogens with one attached hydrogen (secondary N) is 1. The van der Waals surface area contributed by atoms with Crippen molar-refractivity contribution >= 4 is 11.6 Å². The summed E-state index contributed by atoms with van der Waals surface area (Å²) in [5.41, 5.74) is -0.621. The number of ether oxygens (including phenoxy) is 1. The standard InChI is InChI=1S/C12H12F3NO2/c13-12(14,15)9-2-1-3-10(6-9)16-11(17)8-4-5-18-7-8/h1-3,6,8H,4-5,7H2,(H,16,17). The molecule has 1 aliphatic rings. The third-order valence-electron chi connectivity index (χ3n) is 2.76. The minimum atomic E-state index is -4.41. The number of carbonyl (C=O) groups is 1. The lowest BCUT2D eigenvalue weighted by molar-refractivity contribution is -0.137. The number of amides is 1. The number of carbonyl (C=O) groups excluding carboxylic acids is 1. The average molecular weight is 259 g/mol. The van der Waals surface area contributed by atoms with Gasteiger partial charge in [0.1, 0.15) is 0 Å². The van der Waals surface area contributed by atoms with Gasteiger partial charge >= 0.3 is 6.18 Å². The van der Waals surface area contributed by atoms with E-state index in [4.69, 9.17) is 4.74 Å². The number of hydrogen-bond acceptors (Lipinski definition) is 2. The van der Waals surface area contributed by atoms with Gasteiger partial charge < -0.3 is 10.1 Å². The maximum atomic E-state index is 12.5. The molecule has 0 aromatic heterocycles. The molecule has 18 heavy (non-hydrogen) atoms. The summed E-state index contributed by atoms with van der Waals surface area (Å²) in [5.74, 6) is -0.577. The molecule has 1 aromatic carbocycles. The van der Waals surface area contributed by atoms with E-state index in [-0.39, 0.29) is 17.5 Å². The summed E-state index contributed by atoms with van der Waals surface area (Å²) < 4.78 is 42.5. The highest BCUT2D eigenvalue weighted by Gasteiger charge is 2.31. The van der Waals surface area contributed by atoms with Crippen LogP contribution in [0.4, 0.5) is 18.9 Å². The Bertz CT molecular complexity index is 439. The van der Waals surface area contributed by atoms with Crippen LogP contribution in [-0.2, 0) is 15.7 Å². The first-order chi connectivity index (χ1) is 8.47. The van der Waals surface area contributed by atoms with E-state index in [1.54, 1.807) is 0 Å². The number of rotatable bonds is 2. The summed E-state index contributed by atoms with van der Waals surface area (Å²) in [5, 5.41) is 2.48. The number of hydrogen-bond donors (Lipinski definition) is 1. The van der Waals surface area contributed by atoms with Gasteiger partial charge in [-0.3, -0.25) is 4.79 Å². The van der Waals surface area contributed by atoms with Gasteiger partial charge in [-0.15, -0.1) is 0 Å². The largest absolute Gasteiger partial charge is 0.416 e. The molecule has 6 heteroatoms. The van der Waals surface area contributed by atoms with Gasteiger partial charge in [0.2, 0.25) is 5.91 Å². The highest BCUT2D eigenvalue weighted by Crippen LogP contribution is 2.30. The summed E-state index contributed by atoms with van der Waals surface area (Å²) in [6.07, 6.45) is -3.80. The first-order valence-corrected chi connectivity index (χ1v) is 5.52. The molecule has 1 aromatic rings. The Labute approximate surface area is 102 Å². The molecule has 0 saturated carbocycles. The van der Waals surface area contributed by atoms with Crippen LogP contribution in [0.3, 0.4) is 0 Å². The molecular weight excluding hydrogens is 247 g/mol. The van der Waals surface area contributed by atoms with Crippen LogP contribution in [0, 0.1) is 5.92 Å². The van der Waals surface area contributed by atoms with Crippen molar-refractivity contribution in [3.05, 3.63) is 29.8 Å². The Hall–Kier alpha value is -1.56. The van der Waals surface area contributed by atoms with Crippen molar-refractivity contribution in [2.24, 2.45) is 5.92 Å². The van der Waals surface area contributed by atoms with Crippen molar-refractivity contribution in [1.82, 2.24) is 0 Å². The van der Waals surface area contributed by atoms with Crippen molar-refractivity contribution < 1.29 is 22.7 Å². The van der Waals surface area contributed by atoms with Crippen molar-refractivity contribution in [3.63, 3.8) is 0 Å². The van der Waals surface area contributed by atoms with Crippen LogP contribution in [-0.4, -0.2) is 19.1 Å². The molecule has 1 atom stereocenters. The Morgan fingerprint density at radius 3 is 2.78 bits per heavy atom. The second-order valence-corrected chi connectivity index (χ2v) is 4.13. The fraction of sp³-hybridized carbons (Fsp3) is 0.417. The molecule has 3 nitrogen and oxygen atoms in total. The Kier molecular flexibility index (Phi) is 3.56. The van der Waals surface area contributed by atoms with Gasteiger partial charge in [0.25, 0.3) is 0 Å². The van der Waals surface area contributed by atoms with Crippen LogP contribution in [0.5, 0.6) is 0 Å². The van der Waals surface area contributed by atoms with Crippen LogP contribution in [0.25, 0.3) is 0 Å². The molecule has 98 valence electrons.